The molecule has 8 nitrogen and oxygen atoms in total. The zero-order valence-electron chi connectivity index (χ0n) is 14.2. The van der Waals surface area contributed by atoms with Gasteiger partial charge in [-0.1, -0.05) is 12.1 Å². The molecule has 0 spiro atoms. The van der Waals surface area contributed by atoms with Gasteiger partial charge in [0.25, 0.3) is 0 Å². The predicted molar refractivity (Wildman–Crippen MR) is 98.9 cm³/mol. The van der Waals surface area contributed by atoms with Crippen LogP contribution in [0.2, 0.25) is 0 Å². The number of benzene rings is 2. The van der Waals surface area contributed by atoms with Crippen LogP contribution < -0.4 is 10.4 Å². The molecule has 0 radical (unpaired) electrons. The summed E-state index contributed by atoms with van der Waals surface area (Å²) in [6.07, 6.45) is 0. The molecule has 134 valence electrons. The number of amides is 1. The van der Waals surface area contributed by atoms with E-state index in [-0.39, 0.29) is 11.1 Å². The molecule has 0 saturated carbocycles. The molecule has 0 unspecified atom stereocenters. The van der Waals surface area contributed by atoms with Gasteiger partial charge in [-0.25, -0.2) is 9.78 Å². The number of nitrogens with zero attached hydrogens (tertiary/aromatic N) is 2. The van der Waals surface area contributed by atoms with E-state index in [1.165, 1.54) is 12.1 Å². The number of para-hydroxylation sites is 1. The van der Waals surface area contributed by atoms with Crippen molar-refractivity contribution in [3.8, 4) is 17.1 Å². The highest BCUT2D eigenvalue weighted by molar-refractivity contribution is 5.98. The summed E-state index contributed by atoms with van der Waals surface area (Å²) in [6, 6.07) is 11.5. The van der Waals surface area contributed by atoms with E-state index in [4.69, 9.17) is 9.15 Å². The zero-order chi connectivity index (χ0) is 19.0. The van der Waals surface area contributed by atoms with Crippen molar-refractivity contribution in [2.24, 2.45) is 5.18 Å². The lowest BCUT2D eigenvalue weighted by molar-refractivity contribution is 0.100. The molecule has 0 aliphatic rings. The molecule has 2 aromatic carbocycles. The fourth-order valence-corrected chi connectivity index (χ4v) is 2.87. The molecule has 0 aliphatic carbocycles. The Kier molecular flexibility index (Phi) is 4.00. The van der Waals surface area contributed by atoms with Crippen molar-refractivity contribution in [3.05, 3.63) is 63.4 Å². The quantitative estimate of drug-likeness (QED) is 0.437. The lowest BCUT2D eigenvalue weighted by atomic mass is 10.1. The second-order valence-electron chi connectivity index (χ2n) is 5.77. The Bertz CT molecular complexity index is 1260. The van der Waals surface area contributed by atoms with Gasteiger partial charge in [-0.3, -0.25) is 4.79 Å². The van der Waals surface area contributed by atoms with E-state index in [1.54, 1.807) is 30.3 Å². The number of fused-ring (bicyclic) bond motifs is 2. The van der Waals surface area contributed by atoms with Gasteiger partial charge in [0.15, 0.2) is 11.3 Å². The van der Waals surface area contributed by atoms with Crippen molar-refractivity contribution >= 4 is 27.9 Å². The number of H-pyrrole nitrogens is 1. The maximum Gasteiger partial charge on any atom is 0.347 e. The molecule has 27 heavy (non-hydrogen) atoms. The summed E-state index contributed by atoms with van der Waals surface area (Å²) in [5.41, 5.74) is 1.22. The predicted octanol–water partition coefficient (Wildman–Crippen LogP) is 3.64. The van der Waals surface area contributed by atoms with Gasteiger partial charge < -0.3 is 14.1 Å². The minimum atomic E-state index is -0.873. The smallest absolute Gasteiger partial charge is 0.347 e. The standard InChI is InChI=1S/C19H13N3O5/c1-2-26-15-5-3-4-10-8-12(19(24)27-16(10)15)17-20-13-7-6-11(18(23)22-25)9-14(13)21-17/h3-9H,2H2,1H3,(H,20,21). The third-order valence-electron chi connectivity index (χ3n) is 4.09. The number of rotatable bonds is 4. The van der Waals surface area contributed by atoms with Crippen LogP contribution in [-0.4, -0.2) is 22.5 Å². The van der Waals surface area contributed by atoms with E-state index in [1.807, 2.05) is 6.92 Å². The first-order chi connectivity index (χ1) is 13.1. The number of aromatic nitrogens is 2. The summed E-state index contributed by atoms with van der Waals surface area (Å²) in [4.78, 5) is 41.7. The topological polar surface area (TPSA) is 115 Å². The van der Waals surface area contributed by atoms with Crippen molar-refractivity contribution in [3.63, 3.8) is 0 Å². The van der Waals surface area contributed by atoms with E-state index in [0.717, 1.165) is 0 Å². The number of hydrogen-bond donors (Lipinski definition) is 1. The number of carbonyl (C=O) groups excluding carboxylic acids is 1. The first-order valence-corrected chi connectivity index (χ1v) is 8.18. The number of ether oxygens (including phenoxy) is 1. The molecule has 0 bridgehead atoms. The highest BCUT2D eigenvalue weighted by atomic mass is 16.5. The molecule has 4 aromatic rings. The molecular weight excluding hydrogens is 350 g/mol. The van der Waals surface area contributed by atoms with Crippen molar-refractivity contribution in [2.75, 3.05) is 6.61 Å². The lowest BCUT2D eigenvalue weighted by Gasteiger charge is -2.06. The van der Waals surface area contributed by atoms with Crippen LogP contribution in [0.25, 0.3) is 33.4 Å². The molecule has 0 atom stereocenters. The van der Waals surface area contributed by atoms with Crippen LogP contribution in [0.15, 0.2) is 56.9 Å². The maximum absolute atomic E-state index is 12.5. The Morgan fingerprint density at radius 2 is 2.11 bits per heavy atom. The van der Waals surface area contributed by atoms with Crippen LogP contribution in [0.4, 0.5) is 0 Å². The zero-order valence-corrected chi connectivity index (χ0v) is 14.2. The van der Waals surface area contributed by atoms with Crippen molar-refractivity contribution < 1.29 is 13.9 Å². The lowest BCUT2D eigenvalue weighted by Crippen LogP contribution is -2.04. The Hall–Kier alpha value is -3.81. The van der Waals surface area contributed by atoms with Crippen LogP contribution in [0.5, 0.6) is 5.75 Å². The van der Waals surface area contributed by atoms with Crippen molar-refractivity contribution in [1.82, 2.24) is 9.97 Å². The number of nitroso groups, excluding NO2 is 1. The maximum atomic E-state index is 12.5. The first kappa shape index (κ1) is 16.6. The van der Waals surface area contributed by atoms with Crippen LogP contribution in [0, 0.1) is 4.91 Å². The molecule has 0 aliphatic heterocycles. The number of nitrogens with one attached hydrogen (secondary N) is 1. The molecule has 0 saturated heterocycles. The van der Waals surface area contributed by atoms with Gasteiger partial charge in [-0.05, 0) is 37.3 Å². The fraction of sp³-hybridized carbons (Fsp3) is 0.105. The van der Waals surface area contributed by atoms with Gasteiger partial charge in [-0.15, -0.1) is 4.91 Å². The van der Waals surface area contributed by atoms with Crippen molar-refractivity contribution in [2.45, 2.75) is 6.92 Å². The van der Waals surface area contributed by atoms with E-state index < -0.39 is 11.5 Å². The molecule has 2 aromatic heterocycles. The summed E-state index contributed by atoms with van der Waals surface area (Å²) < 4.78 is 10.9. The average Bonchev–Trinajstić information content (AvgIpc) is 3.10. The molecule has 4 rings (SSSR count). The molecule has 1 N–H and O–H groups in total. The van der Waals surface area contributed by atoms with Gasteiger partial charge in [-0.2, -0.15) is 0 Å². The monoisotopic (exact) mass is 363 g/mol. The van der Waals surface area contributed by atoms with Gasteiger partial charge >= 0.3 is 11.5 Å². The normalized spacial score (nSPS) is 11.0. The highest BCUT2D eigenvalue weighted by Crippen LogP contribution is 2.28. The number of imidazole rings is 1. The summed E-state index contributed by atoms with van der Waals surface area (Å²) in [6.45, 7) is 2.30. The van der Waals surface area contributed by atoms with E-state index >= 15 is 0 Å². The third-order valence-corrected chi connectivity index (χ3v) is 4.09. The van der Waals surface area contributed by atoms with Gasteiger partial charge in [0.05, 0.1) is 17.6 Å². The van der Waals surface area contributed by atoms with Gasteiger partial charge in [0.1, 0.15) is 11.4 Å². The molecule has 2 heterocycles. The van der Waals surface area contributed by atoms with E-state index in [9.17, 15) is 14.5 Å². The summed E-state index contributed by atoms with van der Waals surface area (Å²) >= 11 is 0. The van der Waals surface area contributed by atoms with Crippen LogP contribution >= 0.6 is 0 Å². The SMILES string of the molecule is CCOc1cccc2cc(-c3nc4ccc(C(=O)N=O)cc4[nH]3)c(=O)oc12. The first-order valence-electron chi connectivity index (χ1n) is 8.18. The van der Waals surface area contributed by atoms with Crippen LogP contribution in [-0.2, 0) is 0 Å². The van der Waals surface area contributed by atoms with Gasteiger partial charge in [0.2, 0.25) is 0 Å². The molecule has 0 fully saturated rings. The Balaban J connectivity index is 1.86. The average molecular weight is 363 g/mol. The summed E-state index contributed by atoms with van der Waals surface area (Å²) in [5.74, 6) is -0.0828. The Labute approximate surface area is 151 Å². The molecular formula is C19H13N3O5. The van der Waals surface area contributed by atoms with E-state index in [2.05, 4.69) is 15.1 Å². The minimum Gasteiger partial charge on any atom is -0.490 e. The van der Waals surface area contributed by atoms with Crippen LogP contribution in [0.1, 0.15) is 17.3 Å². The number of hydrogen-bond acceptors (Lipinski definition) is 6. The summed E-state index contributed by atoms with van der Waals surface area (Å²) in [7, 11) is 0. The second kappa shape index (κ2) is 6.49. The largest absolute Gasteiger partial charge is 0.490 e. The molecule has 8 heteroatoms. The van der Waals surface area contributed by atoms with Crippen LogP contribution in [0.3, 0.4) is 0 Å². The highest BCUT2D eigenvalue weighted by Gasteiger charge is 2.15. The minimum absolute atomic E-state index is 0.139. The van der Waals surface area contributed by atoms with E-state index in [0.29, 0.717) is 40.2 Å². The number of carbonyl (C=O) groups is 1. The third kappa shape index (κ3) is 2.86. The Morgan fingerprint density at radius 3 is 2.89 bits per heavy atom. The second-order valence-corrected chi connectivity index (χ2v) is 5.77. The fourth-order valence-electron chi connectivity index (χ4n) is 2.87. The number of aromatic amines is 1. The summed E-state index contributed by atoms with van der Waals surface area (Å²) in [5, 5.41) is 3.09. The Morgan fingerprint density at radius 1 is 1.26 bits per heavy atom. The molecule has 1 amide bonds. The van der Waals surface area contributed by atoms with Gasteiger partial charge in [0, 0.05) is 16.1 Å². The van der Waals surface area contributed by atoms with Crippen molar-refractivity contribution in [1.29, 1.82) is 0 Å².